The summed E-state index contributed by atoms with van der Waals surface area (Å²) in [4.78, 5) is 13.8. The fourth-order valence-corrected chi connectivity index (χ4v) is 1.27. The molecule has 0 unspecified atom stereocenters. The summed E-state index contributed by atoms with van der Waals surface area (Å²) in [5.74, 6) is 0.462. The molecule has 0 spiro atoms. The van der Waals surface area contributed by atoms with Gasteiger partial charge in [0.15, 0.2) is 0 Å². The SMILES string of the molecule is N#Cc1nc(NCCCCN)ccc1[N+](=O)[O-]. The minimum absolute atomic E-state index is 0.182. The Labute approximate surface area is 98.4 Å². The number of unbranched alkanes of at least 4 members (excludes halogenated alkanes) is 1. The zero-order chi connectivity index (χ0) is 12.7. The van der Waals surface area contributed by atoms with E-state index in [2.05, 4.69) is 10.3 Å². The van der Waals surface area contributed by atoms with Gasteiger partial charge in [-0.3, -0.25) is 10.1 Å². The van der Waals surface area contributed by atoms with Crippen molar-refractivity contribution < 1.29 is 4.92 Å². The summed E-state index contributed by atoms with van der Waals surface area (Å²) in [6.07, 6.45) is 1.78. The number of nitrogens with one attached hydrogen (secondary N) is 1. The van der Waals surface area contributed by atoms with Gasteiger partial charge in [-0.25, -0.2) is 4.98 Å². The first-order valence-electron chi connectivity index (χ1n) is 5.18. The first kappa shape index (κ1) is 12.9. The van der Waals surface area contributed by atoms with E-state index in [1.807, 2.05) is 0 Å². The predicted molar refractivity (Wildman–Crippen MR) is 62.4 cm³/mol. The maximum Gasteiger partial charge on any atom is 0.305 e. The van der Waals surface area contributed by atoms with E-state index in [1.165, 1.54) is 12.1 Å². The number of hydrogen-bond donors (Lipinski definition) is 2. The summed E-state index contributed by atoms with van der Waals surface area (Å²) in [6, 6.07) is 4.47. The average molecular weight is 235 g/mol. The van der Waals surface area contributed by atoms with Crippen LogP contribution in [0.15, 0.2) is 12.1 Å². The molecular weight excluding hydrogens is 222 g/mol. The molecular formula is C10H13N5O2. The van der Waals surface area contributed by atoms with Crippen molar-refractivity contribution in [2.75, 3.05) is 18.4 Å². The normalized spacial score (nSPS) is 9.65. The van der Waals surface area contributed by atoms with Crippen molar-refractivity contribution in [1.82, 2.24) is 4.98 Å². The molecule has 0 aliphatic heterocycles. The Kier molecular flexibility index (Phi) is 4.84. The van der Waals surface area contributed by atoms with Gasteiger partial charge in [0, 0.05) is 12.6 Å². The van der Waals surface area contributed by atoms with Gasteiger partial charge in [0.1, 0.15) is 11.9 Å². The topological polar surface area (TPSA) is 118 Å². The second-order valence-electron chi connectivity index (χ2n) is 3.36. The maximum absolute atomic E-state index is 10.6. The molecule has 0 aliphatic carbocycles. The molecule has 17 heavy (non-hydrogen) atoms. The van der Waals surface area contributed by atoms with Crippen LogP contribution in [0.4, 0.5) is 11.5 Å². The smallest absolute Gasteiger partial charge is 0.305 e. The summed E-state index contributed by atoms with van der Waals surface area (Å²) in [5, 5.41) is 22.3. The Morgan fingerprint density at radius 3 is 2.88 bits per heavy atom. The van der Waals surface area contributed by atoms with Gasteiger partial charge in [0.2, 0.25) is 5.69 Å². The Bertz CT molecular complexity index is 441. The van der Waals surface area contributed by atoms with Gasteiger partial charge in [-0.2, -0.15) is 5.26 Å². The van der Waals surface area contributed by atoms with Gasteiger partial charge in [0.05, 0.1) is 4.92 Å². The number of aromatic nitrogens is 1. The molecule has 0 amide bonds. The van der Waals surface area contributed by atoms with E-state index >= 15 is 0 Å². The Balaban J connectivity index is 2.70. The molecule has 0 aromatic carbocycles. The standard InChI is InChI=1S/C10H13N5O2/c11-5-1-2-6-13-10-4-3-9(15(16)17)8(7-12)14-10/h3-4H,1-2,5-6,11H2,(H,13,14). The molecule has 1 aromatic rings. The molecule has 0 aliphatic rings. The molecule has 3 N–H and O–H groups in total. The molecule has 0 radical (unpaired) electrons. The number of rotatable bonds is 6. The van der Waals surface area contributed by atoms with E-state index in [0.717, 1.165) is 12.8 Å². The third-order valence-electron chi connectivity index (χ3n) is 2.11. The van der Waals surface area contributed by atoms with Crippen LogP contribution in [-0.2, 0) is 0 Å². The van der Waals surface area contributed by atoms with Crippen LogP contribution >= 0.6 is 0 Å². The van der Waals surface area contributed by atoms with Crippen molar-refractivity contribution >= 4 is 11.5 Å². The third-order valence-corrected chi connectivity index (χ3v) is 2.11. The highest BCUT2D eigenvalue weighted by Gasteiger charge is 2.15. The summed E-state index contributed by atoms with van der Waals surface area (Å²) in [7, 11) is 0. The lowest BCUT2D eigenvalue weighted by Crippen LogP contribution is -2.07. The van der Waals surface area contributed by atoms with Crippen LogP contribution in [0.1, 0.15) is 18.5 Å². The number of nitrogens with two attached hydrogens (primary N) is 1. The second-order valence-corrected chi connectivity index (χ2v) is 3.36. The molecule has 7 heteroatoms. The van der Waals surface area contributed by atoms with Gasteiger partial charge in [-0.05, 0) is 25.5 Å². The fraction of sp³-hybridized carbons (Fsp3) is 0.400. The Morgan fingerprint density at radius 1 is 1.53 bits per heavy atom. The third kappa shape index (κ3) is 3.70. The molecule has 0 saturated carbocycles. The van der Waals surface area contributed by atoms with Crippen LogP contribution in [0.3, 0.4) is 0 Å². The van der Waals surface area contributed by atoms with E-state index in [0.29, 0.717) is 18.9 Å². The lowest BCUT2D eigenvalue weighted by molar-refractivity contribution is -0.385. The average Bonchev–Trinajstić information content (AvgIpc) is 2.34. The monoisotopic (exact) mass is 235 g/mol. The molecule has 1 rings (SSSR count). The molecule has 0 fully saturated rings. The quantitative estimate of drug-likeness (QED) is 0.431. The highest BCUT2D eigenvalue weighted by Crippen LogP contribution is 2.17. The summed E-state index contributed by atoms with van der Waals surface area (Å²) < 4.78 is 0. The van der Waals surface area contributed by atoms with Crippen LogP contribution < -0.4 is 11.1 Å². The van der Waals surface area contributed by atoms with Crippen LogP contribution in [0.2, 0.25) is 0 Å². The number of pyridine rings is 1. The minimum Gasteiger partial charge on any atom is -0.370 e. The van der Waals surface area contributed by atoms with Gasteiger partial charge < -0.3 is 11.1 Å². The van der Waals surface area contributed by atoms with Crippen molar-refractivity contribution in [3.63, 3.8) is 0 Å². The zero-order valence-electron chi connectivity index (χ0n) is 9.22. The van der Waals surface area contributed by atoms with E-state index in [9.17, 15) is 10.1 Å². The molecule has 0 atom stereocenters. The highest BCUT2D eigenvalue weighted by atomic mass is 16.6. The summed E-state index contributed by atoms with van der Waals surface area (Å²) >= 11 is 0. The first-order valence-corrected chi connectivity index (χ1v) is 5.18. The first-order chi connectivity index (χ1) is 8.19. The molecule has 0 bridgehead atoms. The van der Waals surface area contributed by atoms with E-state index < -0.39 is 4.92 Å². The largest absolute Gasteiger partial charge is 0.370 e. The van der Waals surface area contributed by atoms with Gasteiger partial charge in [0.25, 0.3) is 0 Å². The number of nitro groups is 1. The minimum atomic E-state index is -0.621. The van der Waals surface area contributed by atoms with Crippen molar-refractivity contribution in [3.8, 4) is 6.07 Å². The Morgan fingerprint density at radius 2 is 2.29 bits per heavy atom. The highest BCUT2D eigenvalue weighted by molar-refractivity contribution is 5.50. The predicted octanol–water partition coefficient (Wildman–Crippen LogP) is 1.01. The van der Waals surface area contributed by atoms with Crippen molar-refractivity contribution in [1.29, 1.82) is 5.26 Å². The van der Waals surface area contributed by atoms with Crippen LogP contribution in [0, 0.1) is 21.4 Å². The van der Waals surface area contributed by atoms with Gasteiger partial charge in [-0.1, -0.05) is 0 Å². The van der Waals surface area contributed by atoms with E-state index in [-0.39, 0.29) is 11.4 Å². The zero-order valence-corrected chi connectivity index (χ0v) is 9.22. The van der Waals surface area contributed by atoms with Crippen molar-refractivity contribution in [2.24, 2.45) is 5.73 Å². The van der Waals surface area contributed by atoms with E-state index in [4.69, 9.17) is 11.0 Å². The lowest BCUT2D eigenvalue weighted by Gasteiger charge is -2.04. The van der Waals surface area contributed by atoms with Gasteiger partial charge in [-0.15, -0.1) is 0 Å². The second kappa shape index (κ2) is 6.40. The number of anilines is 1. The fourth-order valence-electron chi connectivity index (χ4n) is 1.27. The maximum atomic E-state index is 10.6. The summed E-state index contributed by atoms with van der Waals surface area (Å²) in [6.45, 7) is 1.30. The number of nitrogens with zero attached hydrogens (tertiary/aromatic N) is 3. The molecule has 0 saturated heterocycles. The van der Waals surface area contributed by atoms with E-state index in [1.54, 1.807) is 6.07 Å². The number of nitriles is 1. The molecule has 1 heterocycles. The summed E-state index contributed by atoms with van der Waals surface area (Å²) in [5.41, 5.74) is 4.89. The van der Waals surface area contributed by atoms with Crippen LogP contribution in [-0.4, -0.2) is 23.0 Å². The Hall–Kier alpha value is -2.20. The lowest BCUT2D eigenvalue weighted by atomic mass is 10.3. The molecule has 1 aromatic heterocycles. The number of hydrogen-bond acceptors (Lipinski definition) is 6. The van der Waals surface area contributed by atoms with Crippen LogP contribution in [0.5, 0.6) is 0 Å². The van der Waals surface area contributed by atoms with Crippen LogP contribution in [0.25, 0.3) is 0 Å². The van der Waals surface area contributed by atoms with Gasteiger partial charge >= 0.3 is 5.69 Å². The van der Waals surface area contributed by atoms with Crippen molar-refractivity contribution in [3.05, 3.63) is 27.9 Å². The molecule has 7 nitrogen and oxygen atoms in total. The molecule has 90 valence electrons. The van der Waals surface area contributed by atoms with Crippen molar-refractivity contribution in [2.45, 2.75) is 12.8 Å².